The zero-order valence-electron chi connectivity index (χ0n) is 22.3. The van der Waals surface area contributed by atoms with E-state index in [0.29, 0.717) is 5.56 Å². The summed E-state index contributed by atoms with van der Waals surface area (Å²) in [6.45, 7) is -0.0368. The zero-order valence-corrected chi connectivity index (χ0v) is 23.1. The summed E-state index contributed by atoms with van der Waals surface area (Å²) >= 11 is 5.78. The molecule has 3 heterocycles. The second-order valence-corrected chi connectivity index (χ2v) is 9.72. The average molecular weight is 612 g/mol. The van der Waals surface area contributed by atoms with E-state index >= 15 is 0 Å². The van der Waals surface area contributed by atoms with Gasteiger partial charge in [-0.3, -0.25) is 14.3 Å². The Kier molecular flexibility index (Phi) is 9.31. The Morgan fingerprint density at radius 3 is 2.64 bits per heavy atom. The molecule has 0 spiro atoms. The number of ether oxygens (including phenoxy) is 1. The third-order valence-electron chi connectivity index (χ3n) is 6.41. The summed E-state index contributed by atoms with van der Waals surface area (Å²) in [5.74, 6) is -6.96. The monoisotopic (exact) mass is 611 g/mol. The highest BCUT2D eigenvalue weighted by Crippen LogP contribution is 2.29. The van der Waals surface area contributed by atoms with E-state index in [1.54, 1.807) is 6.92 Å². The van der Waals surface area contributed by atoms with Crippen LogP contribution in [0, 0.1) is 11.6 Å². The number of aromatic nitrogens is 3. The molecular formula is C26H26ClF4N7O4. The lowest BCUT2D eigenvalue weighted by atomic mass is 10.0. The molecule has 4 amide bonds. The highest BCUT2D eigenvalue weighted by molar-refractivity contribution is 6.30. The fourth-order valence-corrected chi connectivity index (χ4v) is 4.52. The van der Waals surface area contributed by atoms with E-state index < -0.39 is 66.3 Å². The first kappa shape index (κ1) is 30.7. The first-order valence-electron chi connectivity index (χ1n) is 12.6. The van der Waals surface area contributed by atoms with E-state index in [0.717, 1.165) is 21.8 Å². The largest absolute Gasteiger partial charge is 0.382 e. The number of rotatable bonds is 10. The zero-order chi connectivity index (χ0) is 30.6. The number of nitrogens with zero attached hydrogens (tertiary/aromatic N) is 4. The Morgan fingerprint density at radius 1 is 1.19 bits per heavy atom. The number of methoxy groups -OCH3 is 1. The smallest absolute Gasteiger partial charge is 0.318 e. The van der Waals surface area contributed by atoms with Gasteiger partial charge in [0, 0.05) is 19.9 Å². The number of urea groups is 1. The number of anilines is 1. The molecule has 1 aliphatic heterocycles. The molecule has 2 aromatic heterocycles. The number of aryl methyl sites for hydroxylation is 1. The maximum absolute atomic E-state index is 14.4. The maximum Gasteiger partial charge on any atom is 0.318 e. The molecule has 224 valence electrons. The first-order valence-corrected chi connectivity index (χ1v) is 13.0. The fraction of sp³-hybridized carbons (Fsp3) is 0.346. The van der Waals surface area contributed by atoms with E-state index in [-0.39, 0.29) is 29.6 Å². The van der Waals surface area contributed by atoms with Crippen LogP contribution in [0.4, 0.5) is 28.2 Å². The SMILES string of the molecule is CCn1ncc(F)c1C(=O)N[C@H](C(=O)Nc1cc([C@@H](COC)N2CC(F)(F)CNC2=O)ccn1)c1ccc(Cl)c(F)c1. The van der Waals surface area contributed by atoms with Crippen LogP contribution >= 0.6 is 11.6 Å². The number of alkyl halides is 2. The van der Waals surface area contributed by atoms with Crippen LogP contribution in [0.3, 0.4) is 0 Å². The molecule has 0 unspecified atom stereocenters. The summed E-state index contributed by atoms with van der Waals surface area (Å²) in [5, 5.41) is 10.6. The van der Waals surface area contributed by atoms with E-state index in [4.69, 9.17) is 16.3 Å². The predicted octanol–water partition coefficient (Wildman–Crippen LogP) is 3.69. The van der Waals surface area contributed by atoms with Gasteiger partial charge in [-0.2, -0.15) is 5.10 Å². The molecule has 0 aliphatic carbocycles. The topological polar surface area (TPSA) is 130 Å². The predicted molar refractivity (Wildman–Crippen MR) is 142 cm³/mol. The van der Waals surface area contributed by atoms with Gasteiger partial charge >= 0.3 is 6.03 Å². The van der Waals surface area contributed by atoms with E-state index in [9.17, 15) is 31.9 Å². The lowest BCUT2D eigenvalue weighted by molar-refractivity contribution is -0.118. The van der Waals surface area contributed by atoms with Crippen molar-refractivity contribution in [1.82, 2.24) is 30.3 Å². The van der Waals surface area contributed by atoms with E-state index in [1.807, 2.05) is 0 Å². The third kappa shape index (κ3) is 6.79. The Labute approximate surface area is 242 Å². The molecule has 1 fully saturated rings. The number of carbonyl (C=O) groups excluding carboxylic acids is 3. The Balaban J connectivity index is 1.63. The molecule has 1 aliphatic rings. The maximum atomic E-state index is 14.4. The molecule has 42 heavy (non-hydrogen) atoms. The van der Waals surface area contributed by atoms with Gasteiger partial charge in [0.1, 0.15) is 17.7 Å². The number of benzene rings is 1. The molecule has 4 rings (SSSR count). The van der Waals surface area contributed by atoms with Crippen LogP contribution in [-0.4, -0.2) is 70.2 Å². The number of amides is 4. The molecule has 0 bridgehead atoms. The summed E-state index contributed by atoms with van der Waals surface area (Å²) < 4.78 is 63.2. The van der Waals surface area contributed by atoms with Crippen LogP contribution in [0.1, 0.15) is 40.6 Å². The summed E-state index contributed by atoms with van der Waals surface area (Å²) in [6, 6.07) is 2.97. The van der Waals surface area contributed by atoms with Crippen molar-refractivity contribution in [2.75, 3.05) is 32.1 Å². The molecule has 3 N–H and O–H groups in total. The summed E-state index contributed by atoms with van der Waals surface area (Å²) in [7, 11) is 1.34. The van der Waals surface area contributed by atoms with Gasteiger partial charge in [0.05, 0.1) is 37.0 Å². The standard InChI is InChI=1S/C26H26ClF4N7O4/c1-3-38-22(18(29)10-34-38)24(40)36-21(15-4-5-16(27)17(28)8-15)23(39)35-20-9-14(6-7-32-20)19(11-42-2)37-13-26(30,31)12-33-25(37)41/h4-10,19,21H,3,11-13H2,1-2H3,(H,33,41)(H,36,40)(H,32,35,39)/t19-,21+/m1/s1. The molecule has 1 saturated heterocycles. The third-order valence-corrected chi connectivity index (χ3v) is 6.71. The molecule has 0 saturated carbocycles. The molecule has 2 atom stereocenters. The first-order chi connectivity index (χ1) is 19.9. The number of carbonyl (C=O) groups is 3. The van der Waals surface area contributed by atoms with Crippen molar-refractivity contribution in [1.29, 1.82) is 0 Å². The number of pyridine rings is 1. The van der Waals surface area contributed by atoms with Gasteiger partial charge < -0.3 is 25.6 Å². The minimum absolute atomic E-state index is 0.0219. The molecule has 16 heteroatoms. The van der Waals surface area contributed by atoms with Crippen LogP contribution < -0.4 is 16.0 Å². The Morgan fingerprint density at radius 2 is 1.95 bits per heavy atom. The minimum atomic E-state index is -3.18. The summed E-state index contributed by atoms with van der Waals surface area (Å²) in [6.07, 6.45) is 2.12. The van der Waals surface area contributed by atoms with Crippen LogP contribution in [-0.2, 0) is 16.1 Å². The number of hydrogen-bond acceptors (Lipinski definition) is 6. The second kappa shape index (κ2) is 12.7. The highest BCUT2D eigenvalue weighted by Gasteiger charge is 2.42. The van der Waals surface area contributed by atoms with Crippen molar-refractivity contribution in [3.63, 3.8) is 0 Å². The Hall–Kier alpha value is -4.24. The number of nitrogens with one attached hydrogen (secondary N) is 3. The van der Waals surface area contributed by atoms with Crippen LogP contribution in [0.2, 0.25) is 5.02 Å². The van der Waals surface area contributed by atoms with Gasteiger partial charge in [0.2, 0.25) is 0 Å². The van der Waals surface area contributed by atoms with Crippen LogP contribution in [0.25, 0.3) is 0 Å². The minimum Gasteiger partial charge on any atom is -0.382 e. The van der Waals surface area contributed by atoms with Gasteiger partial charge in [-0.1, -0.05) is 17.7 Å². The van der Waals surface area contributed by atoms with Crippen LogP contribution in [0.5, 0.6) is 0 Å². The second-order valence-electron chi connectivity index (χ2n) is 9.31. The lowest BCUT2D eigenvalue weighted by Crippen LogP contribution is -2.58. The van der Waals surface area contributed by atoms with Gasteiger partial charge in [-0.25, -0.2) is 27.3 Å². The lowest BCUT2D eigenvalue weighted by Gasteiger charge is -2.38. The van der Waals surface area contributed by atoms with Crippen molar-refractivity contribution in [2.45, 2.75) is 31.5 Å². The average Bonchev–Trinajstić information content (AvgIpc) is 3.33. The number of hydrogen-bond donors (Lipinski definition) is 3. The quantitative estimate of drug-likeness (QED) is 0.300. The Bertz CT molecular complexity index is 1490. The molecule has 11 nitrogen and oxygen atoms in total. The van der Waals surface area contributed by atoms with Gasteiger partial charge in [-0.15, -0.1) is 0 Å². The van der Waals surface area contributed by atoms with Gasteiger partial charge in [0.15, 0.2) is 11.5 Å². The highest BCUT2D eigenvalue weighted by atomic mass is 35.5. The molecule has 3 aromatic rings. The van der Waals surface area contributed by atoms with E-state index in [2.05, 4.69) is 26.0 Å². The van der Waals surface area contributed by atoms with E-state index in [1.165, 1.54) is 37.6 Å². The number of halogens is 5. The summed E-state index contributed by atoms with van der Waals surface area (Å²) in [4.78, 5) is 43.9. The van der Waals surface area contributed by atoms with Crippen molar-refractivity contribution in [2.24, 2.45) is 0 Å². The normalized spacial score (nSPS) is 16.0. The summed E-state index contributed by atoms with van der Waals surface area (Å²) in [5.41, 5.74) is -0.155. The van der Waals surface area contributed by atoms with Gasteiger partial charge in [0.25, 0.3) is 17.7 Å². The van der Waals surface area contributed by atoms with Crippen molar-refractivity contribution < 1.29 is 36.7 Å². The van der Waals surface area contributed by atoms with Crippen molar-refractivity contribution in [3.05, 3.63) is 76.2 Å². The molecule has 1 aromatic carbocycles. The van der Waals surface area contributed by atoms with Crippen molar-refractivity contribution in [3.8, 4) is 0 Å². The van der Waals surface area contributed by atoms with Crippen molar-refractivity contribution >= 4 is 35.3 Å². The van der Waals surface area contributed by atoms with Gasteiger partial charge in [-0.05, 0) is 42.3 Å². The molecule has 0 radical (unpaired) electrons. The fourth-order valence-electron chi connectivity index (χ4n) is 4.40. The van der Waals surface area contributed by atoms with Crippen LogP contribution in [0.15, 0.2) is 42.7 Å². The molecular weight excluding hydrogens is 586 g/mol.